The van der Waals surface area contributed by atoms with Gasteiger partial charge < -0.3 is 0 Å². The Morgan fingerprint density at radius 2 is 2.11 bits per heavy atom. The van der Waals surface area contributed by atoms with E-state index in [9.17, 15) is 4.79 Å². The van der Waals surface area contributed by atoms with Crippen LogP contribution in [0.4, 0.5) is 0 Å². The molecule has 0 aliphatic carbocycles. The van der Waals surface area contributed by atoms with E-state index in [0.29, 0.717) is 12.0 Å². The van der Waals surface area contributed by atoms with Crippen molar-refractivity contribution in [3.05, 3.63) is 58.9 Å². The predicted molar refractivity (Wildman–Crippen MR) is 72.1 cm³/mol. The van der Waals surface area contributed by atoms with Gasteiger partial charge in [-0.15, -0.1) is 11.3 Å². The maximum atomic E-state index is 10.7. The summed E-state index contributed by atoms with van der Waals surface area (Å²) in [6.45, 7) is 0. The molecule has 0 fully saturated rings. The second kappa shape index (κ2) is 4.66. The summed E-state index contributed by atoms with van der Waals surface area (Å²) >= 11 is 1.68. The van der Waals surface area contributed by atoms with Crippen LogP contribution in [0.1, 0.15) is 20.9 Å². The smallest absolute Gasteiger partial charge is 0.151 e. The first kappa shape index (κ1) is 11.0. The molecule has 0 aliphatic rings. The van der Waals surface area contributed by atoms with E-state index in [1.165, 1.54) is 4.70 Å². The molecule has 0 bridgehead atoms. The normalized spacial score (nSPS) is 10.7. The Bertz CT molecular complexity index is 673. The molecule has 2 heterocycles. The molecule has 0 saturated heterocycles. The third kappa shape index (κ3) is 2.15. The highest BCUT2D eigenvalue weighted by Crippen LogP contribution is 2.23. The molecule has 0 spiro atoms. The van der Waals surface area contributed by atoms with Gasteiger partial charge in [-0.2, -0.15) is 0 Å². The number of fused-ring (bicyclic) bond motifs is 1. The van der Waals surface area contributed by atoms with Crippen molar-refractivity contribution in [2.75, 3.05) is 0 Å². The van der Waals surface area contributed by atoms with Crippen LogP contribution in [-0.4, -0.2) is 16.3 Å². The Balaban J connectivity index is 1.93. The second-order valence-electron chi connectivity index (χ2n) is 4.00. The summed E-state index contributed by atoms with van der Waals surface area (Å²) in [5.41, 5.74) is 2.64. The van der Waals surface area contributed by atoms with E-state index in [1.54, 1.807) is 23.7 Å². The van der Waals surface area contributed by atoms with Gasteiger partial charge in [0.2, 0.25) is 0 Å². The maximum Gasteiger partial charge on any atom is 0.151 e. The van der Waals surface area contributed by atoms with E-state index in [4.69, 9.17) is 0 Å². The lowest BCUT2D eigenvalue weighted by Gasteiger charge is -1.97. The van der Waals surface area contributed by atoms with E-state index in [0.717, 1.165) is 22.4 Å². The third-order valence-electron chi connectivity index (χ3n) is 2.65. The first-order valence-electron chi connectivity index (χ1n) is 5.59. The Kier molecular flexibility index (Phi) is 2.86. The standard InChI is InChI=1S/C14H10N2OS/c17-9-11-5-10(7-15-8-11)6-14-16-12-3-1-2-4-13(12)18-14/h1-5,7-9H,6H2. The number of nitrogens with zero attached hydrogens (tertiary/aromatic N) is 2. The molecule has 18 heavy (non-hydrogen) atoms. The summed E-state index contributed by atoms with van der Waals surface area (Å²) in [6, 6.07) is 9.93. The molecule has 88 valence electrons. The van der Waals surface area contributed by atoms with Gasteiger partial charge in [-0.25, -0.2) is 4.98 Å². The van der Waals surface area contributed by atoms with E-state index < -0.39 is 0 Å². The van der Waals surface area contributed by atoms with Gasteiger partial charge in [0, 0.05) is 24.4 Å². The van der Waals surface area contributed by atoms with Crippen molar-refractivity contribution in [1.82, 2.24) is 9.97 Å². The highest BCUT2D eigenvalue weighted by Gasteiger charge is 2.05. The summed E-state index contributed by atoms with van der Waals surface area (Å²) in [5, 5.41) is 1.04. The van der Waals surface area contributed by atoms with Gasteiger partial charge in [-0.05, 0) is 23.8 Å². The number of carbonyl (C=O) groups is 1. The lowest BCUT2D eigenvalue weighted by atomic mass is 10.2. The minimum atomic E-state index is 0.605. The summed E-state index contributed by atoms with van der Waals surface area (Å²) < 4.78 is 1.19. The molecule has 0 aliphatic heterocycles. The molecule has 0 saturated carbocycles. The van der Waals surface area contributed by atoms with Crippen LogP contribution < -0.4 is 0 Å². The monoisotopic (exact) mass is 254 g/mol. The van der Waals surface area contributed by atoms with Crippen molar-refractivity contribution in [2.24, 2.45) is 0 Å². The SMILES string of the molecule is O=Cc1cncc(Cc2nc3ccccc3s2)c1. The Labute approximate surface area is 108 Å². The zero-order valence-corrected chi connectivity index (χ0v) is 10.4. The molecule has 3 nitrogen and oxygen atoms in total. The summed E-state index contributed by atoms with van der Waals surface area (Å²) in [7, 11) is 0. The van der Waals surface area contributed by atoms with E-state index in [1.807, 2.05) is 24.3 Å². The van der Waals surface area contributed by atoms with Crippen molar-refractivity contribution >= 4 is 27.8 Å². The average molecular weight is 254 g/mol. The van der Waals surface area contributed by atoms with E-state index in [2.05, 4.69) is 16.0 Å². The molecule has 0 radical (unpaired) electrons. The number of hydrogen-bond acceptors (Lipinski definition) is 4. The van der Waals surface area contributed by atoms with Crippen LogP contribution in [0.5, 0.6) is 0 Å². The Hall–Kier alpha value is -2.07. The van der Waals surface area contributed by atoms with Crippen molar-refractivity contribution in [2.45, 2.75) is 6.42 Å². The topological polar surface area (TPSA) is 42.9 Å². The zero-order valence-electron chi connectivity index (χ0n) is 9.54. The fourth-order valence-corrected chi connectivity index (χ4v) is 2.84. The van der Waals surface area contributed by atoms with Crippen LogP contribution in [0.3, 0.4) is 0 Å². The van der Waals surface area contributed by atoms with Crippen molar-refractivity contribution in [1.29, 1.82) is 0 Å². The van der Waals surface area contributed by atoms with Crippen LogP contribution in [-0.2, 0) is 6.42 Å². The third-order valence-corrected chi connectivity index (χ3v) is 3.68. The zero-order chi connectivity index (χ0) is 12.4. The molecule has 1 aromatic carbocycles. The molecule has 2 aromatic heterocycles. The van der Waals surface area contributed by atoms with E-state index >= 15 is 0 Å². The molecule has 0 N–H and O–H groups in total. The molecular formula is C14H10N2OS. The fourth-order valence-electron chi connectivity index (χ4n) is 1.84. The van der Waals surface area contributed by atoms with Crippen LogP contribution in [0.15, 0.2) is 42.7 Å². The van der Waals surface area contributed by atoms with Crippen LogP contribution in [0, 0.1) is 0 Å². The second-order valence-corrected chi connectivity index (χ2v) is 5.11. The largest absolute Gasteiger partial charge is 0.298 e. The quantitative estimate of drug-likeness (QED) is 0.674. The van der Waals surface area contributed by atoms with Crippen molar-refractivity contribution in [3.8, 4) is 0 Å². The lowest BCUT2D eigenvalue weighted by molar-refractivity contribution is 0.112. The number of thiazole rings is 1. The first-order valence-corrected chi connectivity index (χ1v) is 6.40. The minimum Gasteiger partial charge on any atom is -0.298 e. The number of pyridine rings is 1. The highest BCUT2D eigenvalue weighted by atomic mass is 32.1. The Morgan fingerprint density at radius 1 is 1.22 bits per heavy atom. The van der Waals surface area contributed by atoms with Gasteiger partial charge in [0.1, 0.15) is 0 Å². The lowest BCUT2D eigenvalue weighted by Crippen LogP contribution is -1.91. The van der Waals surface area contributed by atoms with Crippen molar-refractivity contribution < 1.29 is 4.79 Å². The number of para-hydroxylation sites is 1. The highest BCUT2D eigenvalue weighted by molar-refractivity contribution is 7.18. The van der Waals surface area contributed by atoms with Gasteiger partial charge in [0.25, 0.3) is 0 Å². The summed E-state index contributed by atoms with van der Waals surface area (Å²) in [4.78, 5) is 19.3. The number of aromatic nitrogens is 2. The van der Waals surface area contributed by atoms with Gasteiger partial charge >= 0.3 is 0 Å². The predicted octanol–water partition coefficient (Wildman–Crippen LogP) is 3.09. The fraction of sp³-hybridized carbons (Fsp3) is 0.0714. The molecule has 3 rings (SSSR count). The van der Waals surface area contributed by atoms with Gasteiger partial charge in [-0.1, -0.05) is 12.1 Å². The van der Waals surface area contributed by atoms with Crippen LogP contribution in [0.2, 0.25) is 0 Å². The minimum absolute atomic E-state index is 0.605. The Morgan fingerprint density at radius 3 is 2.94 bits per heavy atom. The number of hydrogen-bond donors (Lipinski definition) is 0. The molecule has 4 heteroatoms. The number of aldehydes is 1. The summed E-state index contributed by atoms with van der Waals surface area (Å²) in [5.74, 6) is 0. The van der Waals surface area contributed by atoms with Gasteiger partial charge in [0.15, 0.2) is 6.29 Å². The average Bonchev–Trinajstić information content (AvgIpc) is 2.81. The van der Waals surface area contributed by atoms with E-state index in [-0.39, 0.29) is 0 Å². The number of carbonyl (C=O) groups excluding carboxylic acids is 1. The van der Waals surface area contributed by atoms with Crippen molar-refractivity contribution in [3.63, 3.8) is 0 Å². The molecule has 0 amide bonds. The molecule has 3 aromatic rings. The van der Waals surface area contributed by atoms with Gasteiger partial charge in [0.05, 0.1) is 15.2 Å². The number of rotatable bonds is 3. The summed E-state index contributed by atoms with van der Waals surface area (Å²) in [6.07, 6.45) is 4.87. The molecule has 0 atom stereocenters. The maximum absolute atomic E-state index is 10.7. The van der Waals surface area contributed by atoms with Crippen LogP contribution >= 0.6 is 11.3 Å². The van der Waals surface area contributed by atoms with Crippen LogP contribution in [0.25, 0.3) is 10.2 Å². The molecule has 0 unspecified atom stereocenters. The number of benzene rings is 1. The van der Waals surface area contributed by atoms with Gasteiger partial charge in [-0.3, -0.25) is 9.78 Å². The molecular weight excluding hydrogens is 244 g/mol. The first-order chi connectivity index (χ1) is 8.85.